The van der Waals surface area contributed by atoms with Crippen LogP contribution in [0.25, 0.3) is 10.8 Å². The molecule has 0 spiro atoms. The summed E-state index contributed by atoms with van der Waals surface area (Å²) in [5, 5.41) is 15.2. The van der Waals surface area contributed by atoms with Crippen molar-refractivity contribution in [2.75, 3.05) is 26.2 Å². The van der Waals surface area contributed by atoms with Gasteiger partial charge in [0.2, 0.25) is 0 Å². The molecule has 1 atom stereocenters. The van der Waals surface area contributed by atoms with Gasteiger partial charge in [-0.05, 0) is 41.0 Å². The number of nitrogens with one attached hydrogen (secondary N) is 1. The summed E-state index contributed by atoms with van der Waals surface area (Å²) in [5.41, 5.74) is 1.33. The topological polar surface area (TPSA) is 35.5 Å². The molecule has 126 valence electrons. The highest BCUT2D eigenvalue weighted by Crippen LogP contribution is 2.29. The summed E-state index contributed by atoms with van der Waals surface area (Å²) in [7, 11) is 0. The predicted molar refractivity (Wildman–Crippen MR) is 102 cm³/mol. The van der Waals surface area contributed by atoms with Crippen molar-refractivity contribution in [1.29, 1.82) is 0 Å². The quantitative estimate of drug-likeness (QED) is 0.817. The van der Waals surface area contributed by atoms with E-state index in [9.17, 15) is 5.11 Å². The van der Waals surface area contributed by atoms with Gasteiger partial charge >= 0.3 is 0 Å². The fraction of sp³-hybridized carbons (Fsp3) is 0.333. The van der Waals surface area contributed by atoms with E-state index in [4.69, 9.17) is 0 Å². The number of rotatable bonds is 4. The van der Waals surface area contributed by atoms with Crippen molar-refractivity contribution in [2.45, 2.75) is 12.5 Å². The third-order valence-electron chi connectivity index (χ3n) is 4.21. The lowest BCUT2D eigenvalue weighted by atomic mass is 9.98. The fourth-order valence-electron chi connectivity index (χ4n) is 3.11. The molecule has 2 N–H and O–H groups in total. The molecule has 0 bridgehead atoms. The molecule has 1 saturated heterocycles. The third-order valence-corrected chi connectivity index (χ3v) is 4.21. The smallest absolute Gasteiger partial charge is 0.116 e. The minimum atomic E-state index is 0. The van der Waals surface area contributed by atoms with Gasteiger partial charge in [-0.25, -0.2) is 0 Å². The maximum absolute atomic E-state index is 9.57. The fourth-order valence-corrected chi connectivity index (χ4v) is 3.11. The molecule has 0 radical (unpaired) electrons. The standard InChI is InChI=1S/C18H22N2O.2ClH/c1-2-3-18(20-10-8-19-9-11-20)16-5-4-15-13-17(21)7-6-14(15)12-16;;/h2,4-7,12-13,18-19,21H,1,3,8-11H2;2*1H/t18-;;/m1../s1. The maximum atomic E-state index is 9.57. The summed E-state index contributed by atoms with van der Waals surface area (Å²) in [5.74, 6) is 0.319. The molecule has 1 aliphatic heterocycles. The molecule has 23 heavy (non-hydrogen) atoms. The number of phenols is 1. The molecule has 0 amide bonds. The van der Waals surface area contributed by atoms with Crippen molar-refractivity contribution in [3.8, 4) is 5.75 Å². The van der Waals surface area contributed by atoms with Crippen LogP contribution >= 0.6 is 24.8 Å². The van der Waals surface area contributed by atoms with Crippen LogP contribution in [0.3, 0.4) is 0 Å². The summed E-state index contributed by atoms with van der Waals surface area (Å²) in [6, 6.07) is 12.5. The summed E-state index contributed by atoms with van der Waals surface area (Å²) >= 11 is 0. The van der Waals surface area contributed by atoms with Gasteiger partial charge in [0.25, 0.3) is 0 Å². The second-order valence-electron chi connectivity index (χ2n) is 5.62. The lowest BCUT2D eigenvalue weighted by molar-refractivity contribution is 0.174. The highest BCUT2D eigenvalue weighted by atomic mass is 35.5. The van der Waals surface area contributed by atoms with Crippen molar-refractivity contribution >= 4 is 35.6 Å². The number of nitrogens with zero attached hydrogens (tertiary/aromatic N) is 1. The Bertz CT molecular complexity index is 642. The van der Waals surface area contributed by atoms with Crippen LogP contribution in [-0.4, -0.2) is 36.2 Å². The van der Waals surface area contributed by atoms with Crippen LogP contribution in [0.4, 0.5) is 0 Å². The zero-order valence-corrected chi connectivity index (χ0v) is 14.7. The average molecular weight is 355 g/mol. The van der Waals surface area contributed by atoms with Crippen LogP contribution in [0.15, 0.2) is 49.1 Å². The van der Waals surface area contributed by atoms with Crippen LogP contribution in [0.1, 0.15) is 18.0 Å². The van der Waals surface area contributed by atoms with E-state index in [0.717, 1.165) is 38.0 Å². The Balaban J connectivity index is 0.00000132. The Hall–Kier alpha value is -1.26. The lowest BCUT2D eigenvalue weighted by Crippen LogP contribution is -2.45. The molecule has 0 saturated carbocycles. The first-order valence-corrected chi connectivity index (χ1v) is 7.56. The van der Waals surface area contributed by atoms with Gasteiger partial charge in [-0.2, -0.15) is 0 Å². The van der Waals surface area contributed by atoms with Crippen LogP contribution in [0, 0.1) is 0 Å². The summed E-state index contributed by atoms with van der Waals surface area (Å²) < 4.78 is 0. The minimum absolute atomic E-state index is 0. The van der Waals surface area contributed by atoms with Gasteiger partial charge in [0.05, 0.1) is 0 Å². The van der Waals surface area contributed by atoms with Gasteiger partial charge in [-0.3, -0.25) is 4.90 Å². The van der Waals surface area contributed by atoms with Crippen molar-refractivity contribution in [3.05, 3.63) is 54.6 Å². The van der Waals surface area contributed by atoms with E-state index < -0.39 is 0 Å². The lowest BCUT2D eigenvalue weighted by Gasteiger charge is -2.35. The molecule has 1 fully saturated rings. The molecule has 0 aromatic heterocycles. The molecule has 5 heteroatoms. The molecule has 3 nitrogen and oxygen atoms in total. The molecular formula is C18H24Cl2N2O. The van der Waals surface area contributed by atoms with E-state index in [1.807, 2.05) is 18.2 Å². The summed E-state index contributed by atoms with van der Waals surface area (Å²) in [6.07, 6.45) is 2.97. The first kappa shape index (κ1) is 19.8. The van der Waals surface area contributed by atoms with Crippen molar-refractivity contribution in [2.24, 2.45) is 0 Å². The van der Waals surface area contributed by atoms with Crippen molar-refractivity contribution < 1.29 is 5.11 Å². The second-order valence-corrected chi connectivity index (χ2v) is 5.62. The molecule has 2 aromatic carbocycles. The number of halogens is 2. The largest absolute Gasteiger partial charge is 0.508 e. The van der Waals surface area contributed by atoms with E-state index in [1.165, 1.54) is 10.9 Å². The number of aromatic hydroxyl groups is 1. The van der Waals surface area contributed by atoms with Gasteiger partial charge < -0.3 is 10.4 Å². The zero-order valence-electron chi connectivity index (χ0n) is 13.1. The molecular weight excluding hydrogens is 331 g/mol. The minimum Gasteiger partial charge on any atom is -0.508 e. The van der Waals surface area contributed by atoms with Crippen LogP contribution < -0.4 is 5.32 Å². The Morgan fingerprint density at radius 3 is 2.43 bits per heavy atom. The summed E-state index contributed by atoms with van der Waals surface area (Å²) in [4.78, 5) is 2.53. The van der Waals surface area contributed by atoms with E-state index in [0.29, 0.717) is 11.8 Å². The van der Waals surface area contributed by atoms with Gasteiger partial charge in [0, 0.05) is 32.2 Å². The number of hydrogen-bond donors (Lipinski definition) is 2. The van der Waals surface area contributed by atoms with Crippen LogP contribution in [-0.2, 0) is 0 Å². The molecule has 0 unspecified atom stereocenters. The second kappa shape index (κ2) is 9.14. The first-order valence-electron chi connectivity index (χ1n) is 7.56. The number of piperazine rings is 1. The molecule has 2 aromatic rings. The van der Waals surface area contributed by atoms with Gasteiger partial charge in [0.15, 0.2) is 0 Å². The third kappa shape index (κ3) is 4.61. The van der Waals surface area contributed by atoms with Crippen molar-refractivity contribution in [1.82, 2.24) is 10.2 Å². The predicted octanol–water partition coefficient (Wildman–Crippen LogP) is 3.91. The zero-order chi connectivity index (χ0) is 14.7. The van der Waals surface area contributed by atoms with E-state index in [2.05, 4.69) is 35.0 Å². The summed E-state index contributed by atoms with van der Waals surface area (Å²) in [6.45, 7) is 8.17. The maximum Gasteiger partial charge on any atom is 0.116 e. The molecule has 1 aliphatic rings. The number of hydrogen-bond acceptors (Lipinski definition) is 3. The van der Waals surface area contributed by atoms with E-state index in [1.54, 1.807) is 6.07 Å². The molecule has 1 heterocycles. The number of phenolic OH excluding ortho intramolecular Hbond substituents is 1. The Morgan fingerprint density at radius 1 is 1.09 bits per heavy atom. The van der Waals surface area contributed by atoms with E-state index >= 15 is 0 Å². The monoisotopic (exact) mass is 354 g/mol. The van der Waals surface area contributed by atoms with Gasteiger partial charge in [0.1, 0.15) is 5.75 Å². The van der Waals surface area contributed by atoms with Crippen LogP contribution in [0.5, 0.6) is 5.75 Å². The van der Waals surface area contributed by atoms with Crippen molar-refractivity contribution in [3.63, 3.8) is 0 Å². The number of fused-ring (bicyclic) bond motifs is 1. The van der Waals surface area contributed by atoms with Gasteiger partial charge in [-0.15, -0.1) is 31.4 Å². The molecule has 3 rings (SSSR count). The highest BCUT2D eigenvalue weighted by molar-refractivity contribution is 5.86. The average Bonchev–Trinajstić information content (AvgIpc) is 2.53. The first-order chi connectivity index (χ1) is 10.3. The van der Waals surface area contributed by atoms with E-state index in [-0.39, 0.29) is 24.8 Å². The Morgan fingerprint density at radius 2 is 1.74 bits per heavy atom. The Labute approximate surface area is 150 Å². The molecule has 0 aliphatic carbocycles. The Kier molecular flexibility index (Phi) is 7.86. The normalized spacial score (nSPS) is 16.2. The number of benzene rings is 2. The SMILES string of the molecule is C=CC[C@H](c1ccc2cc(O)ccc2c1)N1CCNCC1.Cl.Cl. The van der Waals surface area contributed by atoms with Gasteiger partial charge in [-0.1, -0.05) is 24.3 Å². The van der Waals surface area contributed by atoms with Crippen LogP contribution in [0.2, 0.25) is 0 Å². The highest BCUT2D eigenvalue weighted by Gasteiger charge is 2.21.